The fraction of sp³-hybridized carbons (Fsp3) is 0.105. The molecule has 0 saturated heterocycles. The third-order valence-electron chi connectivity index (χ3n) is 3.33. The summed E-state index contributed by atoms with van der Waals surface area (Å²) in [4.78, 5) is 4.31. The SMILES string of the molecule is c1ccc(C(OCc2ccccn2)c2ccccc2)cc1. The number of hydrogen-bond donors (Lipinski definition) is 0. The van der Waals surface area contributed by atoms with Gasteiger partial charge in [0.1, 0.15) is 6.10 Å². The Balaban J connectivity index is 1.83. The van der Waals surface area contributed by atoms with Crippen molar-refractivity contribution in [2.45, 2.75) is 12.7 Å². The number of pyridine rings is 1. The number of benzene rings is 2. The van der Waals surface area contributed by atoms with E-state index in [1.54, 1.807) is 6.20 Å². The average molecular weight is 275 g/mol. The number of ether oxygens (including phenoxy) is 1. The minimum atomic E-state index is -0.0746. The molecular formula is C19H17NO. The summed E-state index contributed by atoms with van der Waals surface area (Å²) >= 11 is 0. The van der Waals surface area contributed by atoms with Crippen molar-refractivity contribution in [3.8, 4) is 0 Å². The van der Waals surface area contributed by atoms with E-state index in [1.165, 1.54) is 0 Å². The van der Waals surface area contributed by atoms with Crippen molar-refractivity contribution >= 4 is 0 Å². The van der Waals surface area contributed by atoms with Crippen molar-refractivity contribution in [3.05, 3.63) is 102 Å². The van der Waals surface area contributed by atoms with Gasteiger partial charge in [0.05, 0.1) is 12.3 Å². The molecule has 3 rings (SSSR count). The molecule has 1 heterocycles. The van der Waals surface area contributed by atoms with Crippen LogP contribution in [0, 0.1) is 0 Å². The first-order valence-electron chi connectivity index (χ1n) is 7.05. The monoisotopic (exact) mass is 275 g/mol. The molecule has 0 N–H and O–H groups in total. The summed E-state index contributed by atoms with van der Waals surface area (Å²) in [6, 6.07) is 26.4. The zero-order valence-corrected chi connectivity index (χ0v) is 11.7. The van der Waals surface area contributed by atoms with Crippen LogP contribution in [0.25, 0.3) is 0 Å². The third kappa shape index (κ3) is 3.56. The standard InChI is InChI=1S/C19H17NO/c1-3-9-16(10-4-1)19(17-11-5-2-6-12-17)21-15-18-13-7-8-14-20-18/h1-14,19H,15H2. The van der Waals surface area contributed by atoms with E-state index in [9.17, 15) is 0 Å². The molecule has 2 nitrogen and oxygen atoms in total. The van der Waals surface area contributed by atoms with Gasteiger partial charge in [0, 0.05) is 6.20 Å². The van der Waals surface area contributed by atoms with Crippen LogP contribution in [0.3, 0.4) is 0 Å². The number of rotatable bonds is 5. The minimum absolute atomic E-state index is 0.0746. The lowest BCUT2D eigenvalue weighted by Crippen LogP contribution is -2.07. The molecule has 0 radical (unpaired) electrons. The topological polar surface area (TPSA) is 22.1 Å². The molecular weight excluding hydrogens is 258 g/mol. The maximum absolute atomic E-state index is 6.14. The highest BCUT2D eigenvalue weighted by molar-refractivity contribution is 5.29. The molecule has 0 fully saturated rings. The van der Waals surface area contributed by atoms with Gasteiger partial charge in [-0.05, 0) is 23.3 Å². The molecule has 0 aliphatic rings. The van der Waals surface area contributed by atoms with Crippen LogP contribution in [-0.4, -0.2) is 4.98 Å². The minimum Gasteiger partial charge on any atom is -0.362 e. The Hall–Kier alpha value is -2.45. The van der Waals surface area contributed by atoms with E-state index in [2.05, 4.69) is 29.2 Å². The van der Waals surface area contributed by atoms with Gasteiger partial charge >= 0.3 is 0 Å². The van der Waals surface area contributed by atoms with Gasteiger partial charge in [0.15, 0.2) is 0 Å². The molecule has 0 spiro atoms. The Labute approximate surface area is 125 Å². The summed E-state index contributed by atoms with van der Waals surface area (Å²) < 4.78 is 6.14. The molecule has 0 amide bonds. The van der Waals surface area contributed by atoms with Gasteiger partial charge in [-0.2, -0.15) is 0 Å². The van der Waals surface area contributed by atoms with Crippen LogP contribution in [0.5, 0.6) is 0 Å². The maximum atomic E-state index is 6.14. The fourth-order valence-corrected chi connectivity index (χ4v) is 2.29. The van der Waals surface area contributed by atoms with Gasteiger partial charge < -0.3 is 4.74 Å². The number of nitrogens with zero attached hydrogens (tertiary/aromatic N) is 1. The second-order valence-electron chi connectivity index (χ2n) is 4.83. The van der Waals surface area contributed by atoms with E-state index in [0.29, 0.717) is 6.61 Å². The molecule has 0 saturated carbocycles. The zero-order chi connectivity index (χ0) is 14.3. The second-order valence-corrected chi connectivity index (χ2v) is 4.83. The summed E-state index contributed by atoms with van der Waals surface area (Å²) in [5.41, 5.74) is 3.24. The van der Waals surface area contributed by atoms with E-state index < -0.39 is 0 Å². The van der Waals surface area contributed by atoms with Gasteiger partial charge in [0.25, 0.3) is 0 Å². The first-order chi connectivity index (χ1) is 10.4. The van der Waals surface area contributed by atoms with Crippen LogP contribution in [0.2, 0.25) is 0 Å². The highest BCUT2D eigenvalue weighted by Gasteiger charge is 2.14. The quantitative estimate of drug-likeness (QED) is 0.689. The second kappa shape index (κ2) is 6.82. The zero-order valence-electron chi connectivity index (χ0n) is 11.7. The predicted molar refractivity (Wildman–Crippen MR) is 83.8 cm³/mol. The normalized spacial score (nSPS) is 10.7. The molecule has 21 heavy (non-hydrogen) atoms. The molecule has 0 aliphatic carbocycles. The van der Waals surface area contributed by atoms with Crippen molar-refractivity contribution in [3.63, 3.8) is 0 Å². The Kier molecular flexibility index (Phi) is 4.39. The lowest BCUT2D eigenvalue weighted by Gasteiger charge is -2.18. The van der Waals surface area contributed by atoms with Crippen molar-refractivity contribution in [1.82, 2.24) is 4.98 Å². The van der Waals surface area contributed by atoms with Crippen molar-refractivity contribution in [1.29, 1.82) is 0 Å². The summed E-state index contributed by atoms with van der Waals surface area (Å²) in [7, 11) is 0. The fourth-order valence-electron chi connectivity index (χ4n) is 2.29. The molecule has 0 aliphatic heterocycles. The Morgan fingerprint density at radius 1 is 0.714 bits per heavy atom. The van der Waals surface area contributed by atoms with E-state index >= 15 is 0 Å². The molecule has 2 heteroatoms. The summed E-state index contributed by atoms with van der Waals surface area (Å²) in [6.45, 7) is 0.495. The van der Waals surface area contributed by atoms with Gasteiger partial charge in [-0.15, -0.1) is 0 Å². The third-order valence-corrected chi connectivity index (χ3v) is 3.33. The predicted octanol–water partition coefficient (Wildman–Crippen LogP) is 4.39. The number of aromatic nitrogens is 1. The molecule has 0 unspecified atom stereocenters. The highest BCUT2D eigenvalue weighted by atomic mass is 16.5. The largest absolute Gasteiger partial charge is 0.362 e. The van der Waals surface area contributed by atoms with E-state index in [0.717, 1.165) is 16.8 Å². The van der Waals surface area contributed by atoms with Crippen LogP contribution in [0.15, 0.2) is 85.1 Å². The van der Waals surface area contributed by atoms with Crippen LogP contribution >= 0.6 is 0 Å². The molecule has 0 bridgehead atoms. The lowest BCUT2D eigenvalue weighted by molar-refractivity contribution is 0.0646. The Morgan fingerprint density at radius 2 is 1.29 bits per heavy atom. The van der Waals surface area contributed by atoms with E-state index in [4.69, 9.17) is 4.74 Å². The average Bonchev–Trinajstić information content (AvgIpc) is 2.58. The molecule has 0 atom stereocenters. The molecule has 1 aromatic heterocycles. The van der Waals surface area contributed by atoms with Crippen LogP contribution in [0.4, 0.5) is 0 Å². The molecule has 3 aromatic rings. The van der Waals surface area contributed by atoms with Gasteiger partial charge in [0.2, 0.25) is 0 Å². The number of hydrogen-bond acceptors (Lipinski definition) is 2. The van der Waals surface area contributed by atoms with E-state index in [1.807, 2.05) is 54.6 Å². The van der Waals surface area contributed by atoms with Crippen LogP contribution in [0.1, 0.15) is 22.9 Å². The van der Waals surface area contributed by atoms with Crippen molar-refractivity contribution in [2.75, 3.05) is 0 Å². The van der Waals surface area contributed by atoms with Crippen LogP contribution in [-0.2, 0) is 11.3 Å². The Morgan fingerprint density at radius 3 is 1.81 bits per heavy atom. The van der Waals surface area contributed by atoms with E-state index in [-0.39, 0.29) is 6.10 Å². The maximum Gasteiger partial charge on any atom is 0.108 e. The van der Waals surface area contributed by atoms with Gasteiger partial charge in [-0.1, -0.05) is 66.7 Å². The van der Waals surface area contributed by atoms with Crippen molar-refractivity contribution in [2.24, 2.45) is 0 Å². The first kappa shape index (κ1) is 13.5. The van der Waals surface area contributed by atoms with Crippen LogP contribution < -0.4 is 0 Å². The van der Waals surface area contributed by atoms with Gasteiger partial charge in [-0.3, -0.25) is 4.98 Å². The van der Waals surface area contributed by atoms with Crippen molar-refractivity contribution < 1.29 is 4.74 Å². The summed E-state index contributed by atoms with van der Waals surface area (Å²) in [5.74, 6) is 0. The summed E-state index contributed by atoms with van der Waals surface area (Å²) in [5, 5.41) is 0. The molecule has 104 valence electrons. The first-order valence-corrected chi connectivity index (χ1v) is 7.05. The highest BCUT2D eigenvalue weighted by Crippen LogP contribution is 2.26. The lowest BCUT2D eigenvalue weighted by atomic mass is 10.0. The molecule has 2 aromatic carbocycles. The Bertz CT molecular complexity index is 613. The van der Waals surface area contributed by atoms with Gasteiger partial charge in [-0.25, -0.2) is 0 Å². The summed E-state index contributed by atoms with van der Waals surface area (Å²) in [6.07, 6.45) is 1.72. The smallest absolute Gasteiger partial charge is 0.108 e.